The van der Waals surface area contributed by atoms with Crippen LogP contribution in [-0.2, 0) is 0 Å². The zero-order valence-corrected chi connectivity index (χ0v) is 12.1. The maximum absolute atomic E-state index is 5.92. The molecule has 1 N–H and O–H groups in total. The van der Waals surface area contributed by atoms with Gasteiger partial charge >= 0.3 is 0 Å². The van der Waals surface area contributed by atoms with Gasteiger partial charge in [0.2, 0.25) is 11.8 Å². The van der Waals surface area contributed by atoms with Gasteiger partial charge in [-0.25, -0.2) is 0 Å². The van der Waals surface area contributed by atoms with Crippen molar-refractivity contribution in [2.45, 2.75) is 18.4 Å². The molecular weight excluding hydrogens is 274 g/mol. The van der Waals surface area contributed by atoms with Gasteiger partial charge in [0, 0.05) is 11.5 Å². The minimum absolute atomic E-state index is 0.0902. The molecule has 1 aliphatic heterocycles. The van der Waals surface area contributed by atoms with E-state index in [2.05, 4.69) is 39.8 Å². The largest absolute Gasteiger partial charge is 0.419 e. The second-order valence-electron chi connectivity index (χ2n) is 5.55. The second kappa shape index (κ2) is 5.73. The Hall–Kier alpha value is -2.46. The van der Waals surface area contributed by atoms with Gasteiger partial charge in [0.25, 0.3) is 0 Å². The number of nitrogens with one attached hydrogen (secondary N) is 1. The summed E-state index contributed by atoms with van der Waals surface area (Å²) in [6.45, 7) is 0.966. The fourth-order valence-corrected chi connectivity index (χ4v) is 3.08. The number of hydrogen-bond acceptors (Lipinski definition) is 4. The third-order valence-corrected chi connectivity index (χ3v) is 4.18. The van der Waals surface area contributed by atoms with E-state index in [1.54, 1.807) is 0 Å². The normalized spacial score (nSPS) is 21.1. The molecule has 4 rings (SSSR count). The highest BCUT2D eigenvalue weighted by Gasteiger charge is 2.33. The van der Waals surface area contributed by atoms with Gasteiger partial charge in [0.15, 0.2) is 0 Å². The van der Waals surface area contributed by atoms with Crippen molar-refractivity contribution in [3.8, 4) is 11.5 Å². The third kappa shape index (κ3) is 2.42. The van der Waals surface area contributed by atoms with Gasteiger partial charge in [-0.15, -0.1) is 10.2 Å². The minimum atomic E-state index is 0.0902. The fourth-order valence-electron chi connectivity index (χ4n) is 3.08. The van der Waals surface area contributed by atoms with Crippen molar-refractivity contribution in [3.05, 3.63) is 72.1 Å². The summed E-state index contributed by atoms with van der Waals surface area (Å²) in [5.41, 5.74) is 2.27. The Morgan fingerprint density at radius 3 is 2.41 bits per heavy atom. The molecule has 22 heavy (non-hydrogen) atoms. The first-order chi connectivity index (χ1) is 10.9. The van der Waals surface area contributed by atoms with Crippen molar-refractivity contribution in [1.29, 1.82) is 0 Å². The zero-order chi connectivity index (χ0) is 14.8. The van der Waals surface area contributed by atoms with Crippen LogP contribution in [-0.4, -0.2) is 16.7 Å². The molecule has 0 amide bonds. The summed E-state index contributed by atoms with van der Waals surface area (Å²) < 4.78 is 5.92. The smallest absolute Gasteiger partial charge is 0.247 e. The molecule has 4 heteroatoms. The molecule has 4 nitrogen and oxygen atoms in total. The molecule has 0 aliphatic carbocycles. The highest BCUT2D eigenvalue weighted by Crippen LogP contribution is 2.37. The molecule has 110 valence electrons. The average molecular weight is 291 g/mol. The first kappa shape index (κ1) is 13.2. The summed E-state index contributed by atoms with van der Waals surface area (Å²) in [5, 5.41) is 12.0. The first-order valence-electron chi connectivity index (χ1n) is 7.59. The Morgan fingerprint density at radius 2 is 1.64 bits per heavy atom. The van der Waals surface area contributed by atoms with Crippen LogP contribution in [0, 0.1) is 0 Å². The summed E-state index contributed by atoms with van der Waals surface area (Å²) >= 11 is 0. The lowest BCUT2D eigenvalue weighted by Crippen LogP contribution is -2.17. The molecule has 0 saturated carbocycles. The van der Waals surface area contributed by atoms with E-state index in [1.807, 2.05) is 36.4 Å². The van der Waals surface area contributed by atoms with E-state index >= 15 is 0 Å². The Morgan fingerprint density at radius 1 is 0.909 bits per heavy atom. The standard InChI is InChI=1S/C18H17N3O/c1-3-7-13(8-4-1)15-11-12-19-16(15)18-21-20-17(22-18)14-9-5-2-6-10-14/h1-10,15-16,19H,11-12H2. The van der Waals surface area contributed by atoms with E-state index in [4.69, 9.17) is 4.42 Å². The minimum Gasteiger partial charge on any atom is -0.419 e. The number of aromatic nitrogens is 2. The van der Waals surface area contributed by atoms with Crippen LogP contribution in [0.1, 0.15) is 29.8 Å². The van der Waals surface area contributed by atoms with Crippen LogP contribution in [0.2, 0.25) is 0 Å². The van der Waals surface area contributed by atoms with E-state index < -0.39 is 0 Å². The predicted octanol–water partition coefficient (Wildman–Crippen LogP) is 3.55. The molecule has 0 bridgehead atoms. The molecule has 2 unspecified atom stereocenters. The molecule has 3 aromatic rings. The molecule has 1 saturated heterocycles. The highest BCUT2D eigenvalue weighted by molar-refractivity contribution is 5.51. The topological polar surface area (TPSA) is 51.0 Å². The molecule has 1 aliphatic rings. The maximum atomic E-state index is 5.92. The van der Waals surface area contributed by atoms with Crippen LogP contribution in [0.25, 0.3) is 11.5 Å². The predicted molar refractivity (Wildman–Crippen MR) is 84.3 cm³/mol. The molecular formula is C18H17N3O. The van der Waals surface area contributed by atoms with Crippen LogP contribution in [0.4, 0.5) is 0 Å². The summed E-state index contributed by atoms with van der Waals surface area (Å²) in [6, 6.07) is 20.5. The lowest BCUT2D eigenvalue weighted by molar-refractivity contribution is 0.415. The van der Waals surface area contributed by atoms with E-state index in [-0.39, 0.29) is 6.04 Å². The van der Waals surface area contributed by atoms with Crippen molar-refractivity contribution in [1.82, 2.24) is 15.5 Å². The second-order valence-corrected chi connectivity index (χ2v) is 5.55. The van der Waals surface area contributed by atoms with E-state index in [9.17, 15) is 0 Å². The van der Waals surface area contributed by atoms with Gasteiger partial charge in [-0.2, -0.15) is 0 Å². The summed E-state index contributed by atoms with van der Waals surface area (Å²) in [6.07, 6.45) is 1.08. The SMILES string of the molecule is c1ccc(-c2nnc(C3NCCC3c3ccccc3)o2)cc1. The van der Waals surface area contributed by atoms with Gasteiger partial charge in [0.1, 0.15) is 0 Å². The van der Waals surface area contributed by atoms with Gasteiger partial charge < -0.3 is 9.73 Å². The van der Waals surface area contributed by atoms with Gasteiger partial charge in [-0.3, -0.25) is 0 Å². The van der Waals surface area contributed by atoms with E-state index in [0.717, 1.165) is 18.5 Å². The van der Waals surface area contributed by atoms with Gasteiger partial charge in [-0.1, -0.05) is 48.5 Å². The molecule has 2 heterocycles. The Kier molecular flexibility index (Phi) is 3.45. The van der Waals surface area contributed by atoms with Crippen LogP contribution >= 0.6 is 0 Å². The average Bonchev–Trinajstić information content (AvgIpc) is 3.25. The van der Waals surface area contributed by atoms with Crippen LogP contribution in [0.5, 0.6) is 0 Å². The van der Waals surface area contributed by atoms with Crippen molar-refractivity contribution in [3.63, 3.8) is 0 Å². The Bertz CT molecular complexity index is 739. The monoisotopic (exact) mass is 291 g/mol. The number of rotatable bonds is 3. The third-order valence-electron chi connectivity index (χ3n) is 4.18. The van der Waals surface area contributed by atoms with Crippen molar-refractivity contribution in [2.75, 3.05) is 6.54 Å². The van der Waals surface area contributed by atoms with Crippen LogP contribution in [0.15, 0.2) is 65.1 Å². The lowest BCUT2D eigenvalue weighted by Gasteiger charge is -2.16. The molecule has 0 spiro atoms. The number of nitrogens with zero attached hydrogens (tertiary/aromatic N) is 2. The molecule has 1 aromatic heterocycles. The van der Waals surface area contributed by atoms with Crippen molar-refractivity contribution < 1.29 is 4.42 Å². The highest BCUT2D eigenvalue weighted by atomic mass is 16.4. The summed E-state index contributed by atoms with van der Waals surface area (Å²) in [4.78, 5) is 0. The molecule has 2 atom stereocenters. The first-order valence-corrected chi connectivity index (χ1v) is 7.59. The molecule has 0 radical (unpaired) electrons. The Balaban J connectivity index is 1.63. The lowest BCUT2D eigenvalue weighted by atomic mass is 9.92. The van der Waals surface area contributed by atoms with Gasteiger partial charge in [-0.05, 0) is 30.7 Å². The van der Waals surface area contributed by atoms with E-state index in [1.165, 1.54) is 5.56 Å². The van der Waals surface area contributed by atoms with Crippen LogP contribution < -0.4 is 5.32 Å². The van der Waals surface area contributed by atoms with E-state index in [0.29, 0.717) is 17.7 Å². The zero-order valence-electron chi connectivity index (χ0n) is 12.1. The molecule has 2 aromatic carbocycles. The number of hydrogen-bond donors (Lipinski definition) is 1. The summed E-state index contributed by atoms with van der Waals surface area (Å²) in [7, 11) is 0. The number of benzene rings is 2. The Labute approximate surface area is 129 Å². The molecule has 1 fully saturated rings. The van der Waals surface area contributed by atoms with Crippen molar-refractivity contribution in [2.24, 2.45) is 0 Å². The maximum Gasteiger partial charge on any atom is 0.247 e. The van der Waals surface area contributed by atoms with Crippen LogP contribution in [0.3, 0.4) is 0 Å². The fraction of sp³-hybridized carbons (Fsp3) is 0.222. The summed E-state index contributed by atoms with van der Waals surface area (Å²) in [5.74, 6) is 1.63. The quantitative estimate of drug-likeness (QED) is 0.801. The van der Waals surface area contributed by atoms with Gasteiger partial charge in [0.05, 0.1) is 6.04 Å². The van der Waals surface area contributed by atoms with Crippen molar-refractivity contribution >= 4 is 0 Å².